The molecule has 1 aromatic rings. The summed E-state index contributed by atoms with van der Waals surface area (Å²) in [6.45, 7) is 5.70. The van der Waals surface area contributed by atoms with Crippen LogP contribution < -0.4 is 5.32 Å². The third-order valence-corrected chi connectivity index (χ3v) is 3.39. The van der Waals surface area contributed by atoms with Gasteiger partial charge in [0.2, 0.25) is 5.28 Å². The third-order valence-electron chi connectivity index (χ3n) is 3.20. The molecule has 1 N–H and O–H groups in total. The van der Waals surface area contributed by atoms with Crippen LogP contribution in [0.1, 0.15) is 5.56 Å². The van der Waals surface area contributed by atoms with Crippen molar-refractivity contribution in [3.8, 4) is 0 Å². The normalized spacial score (nSPS) is 23.5. The van der Waals surface area contributed by atoms with Crippen LogP contribution in [0.2, 0.25) is 5.28 Å². The van der Waals surface area contributed by atoms with Gasteiger partial charge in [0.05, 0.1) is 0 Å². The standard InChI is InChI=1S/C10H13ClN4/c11-9-13-1-8(2-14-9)3-15-6-10(7-15)4-12-5-10/h1-2,12H,3-7H2. The monoisotopic (exact) mass is 224 g/mol. The summed E-state index contributed by atoms with van der Waals surface area (Å²) in [6.07, 6.45) is 3.61. The summed E-state index contributed by atoms with van der Waals surface area (Å²) < 4.78 is 0. The van der Waals surface area contributed by atoms with E-state index in [4.69, 9.17) is 11.6 Å². The van der Waals surface area contributed by atoms with Gasteiger partial charge in [-0.25, -0.2) is 9.97 Å². The zero-order valence-corrected chi connectivity index (χ0v) is 9.17. The van der Waals surface area contributed by atoms with E-state index in [1.165, 1.54) is 26.2 Å². The molecule has 4 nitrogen and oxygen atoms in total. The van der Waals surface area contributed by atoms with Gasteiger partial charge in [0, 0.05) is 56.1 Å². The minimum absolute atomic E-state index is 0.321. The Hall–Kier alpha value is -0.710. The summed E-state index contributed by atoms with van der Waals surface area (Å²) in [5.41, 5.74) is 1.73. The highest BCUT2D eigenvalue weighted by Crippen LogP contribution is 2.34. The van der Waals surface area contributed by atoms with Crippen LogP contribution >= 0.6 is 11.6 Å². The molecule has 0 saturated carbocycles. The average molecular weight is 225 g/mol. The zero-order chi connectivity index (χ0) is 10.3. The topological polar surface area (TPSA) is 41.1 Å². The molecule has 0 aromatic carbocycles. The van der Waals surface area contributed by atoms with Crippen LogP contribution in [-0.4, -0.2) is 41.0 Å². The molecule has 15 heavy (non-hydrogen) atoms. The molecule has 5 heteroatoms. The quantitative estimate of drug-likeness (QED) is 0.745. The third kappa shape index (κ3) is 1.73. The molecule has 80 valence electrons. The van der Waals surface area contributed by atoms with Gasteiger partial charge in [-0.2, -0.15) is 0 Å². The molecule has 2 fully saturated rings. The van der Waals surface area contributed by atoms with E-state index in [2.05, 4.69) is 20.2 Å². The lowest BCUT2D eigenvalue weighted by Crippen LogP contribution is -2.70. The second-order valence-corrected chi connectivity index (χ2v) is 4.95. The Morgan fingerprint density at radius 1 is 1.33 bits per heavy atom. The Morgan fingerprint density at radius 2 is 2.00 bits per heavy atom. The molecule has 1 spiro atoms. The Kier molecular flexibility index (Phi) is 2.16. The van der Waals surface area contributed by atoms with Crippen molar-refractivity contribution >= 4 is 11.6 Å². The van der Waals surface area contributed by atoms with Gasteiger partial charge >= 0.3 is 0 Å². The molecule has 2 aliphatic heterocycles. The lowest BCUT2D eigenvalue weighted by atomic mass is 9.74. The van der Waals surface area contributed by atoms with Gasteiger partial charge in [-0.15, -0.1) is 0 Å². The van der Waals surface area contributed by atoms with Crippen molar-refractivity contribution in [3.05, 3.63) is 23.2 Å². The van der Waals surface area contributed by atoms with E-state index < -0.39 is 0 Å². The van der Waals surface area contributed by atoms with Gasteiger partial charge in [-0.1, -0.05) is 0 Å². The van der Waals surface area contributed by atoms with E-state index in [9.17, 15) is 0 Å². The zero-order valence-electron chi connectivity index (χ0n) is 8.41. The van der Waals surface area contributed by atoms with E-state index in [1.807, 2.05) is 0 Å². The van der Waals surface area contributed by atoms with Gasteiger partial charge in [0.25, 0.3) is 0 Å². The molecule has 0 unspecified atom stereocenters. The maximum Gasteiger partial charge on any atom is 0.222 e. The van der Waals surface area contributed by atoms with Crippen molar-refractivity contribution in [2.24, 2.45) is 5.41 Å². The summed E-state index contributed by atoms with van der Waals surface area (Å²) in [6, 6.07) is 0. The van der Waals surface area contributed by atoms with Crippen LogP contribution in [-0.2, 0) is 6.54 Å². The van der Waals surface area contributed by atoms with Crippen molar-refractivity contribution in [2.45, 2.75) is 6.54 Å². The van der Waals surface area contributed by atoms with E-state index in [1.54, 1.807) is 12.4 Å². The second-order valence-electron chi connectivity index (χ2n) is 4.61. The van der Waals surface area contributed by atoms with Crippen LogP contribution in [0, 0.1) is 5.41 Å². The fraction of sp³-hybridized carbons (Fsp3) is 0.600. The van der Waals surface area contributed by atoms with Gasteiger partial charge < -0.3 is 5.32 Å². The van der Waals surface area contributed by atoms with Crippen LogP contribution in [0.25, 0.3) is 0 Å². The molecular formula is C10H13ClN4. The average Bonchev–Trinajstić information content (AvgIpc) is 2.10. The number of rotatable bonds is 2. The Morgan fingerprint density at radius 3 is 2.53 bits per heavy atom. The van der Waals surface area contributed by atoms with Gasteiger partial charge in [0.1, 0.15) is 0 Å². The van der Waals surface area contributed by atoms with Crippen LogP contribution in [0.3, 0.4) is 0 Å². The van der Waals surface area contributed by atoms with Crippen molar-refractivity contribution < 1.29 is 0 Å². The molecule has 3 heterocycles. The molecule has 1 aromatic heterocycles. The maximum atomic E-state index is 5.63. The van der Waals surface area contributed by atoms with E-state index in [0.717, 1.165) is 12.1 Å². The van der Waals surface area contributed by atoms with Crippen molar-refractivity contribution in [1.82, 2.24) is 20.2 Å². The lowest BCUT2D eigenvalue weighted by molar-refractivity contribution is -0.0445. The Labute approximate surface area is 93.7 Å². The number of nitrogens with zero attached hydrogens (tertiary/aromatic N) is 3. The number of likely N-dealkylation sites (tertiary alicyclic amines) is 1. The first-order valence-electron chi connectivity index (χ1n) is 5.15. The first-order valence-corrected chi connectivity index (χ1v) is 5.53. The minimum Gasteiger partial charge on any atom is -0.315 e. The minimum atomic E-state index is 0.321. The number of hydrogen-bond donors (Lipinski definition) is 1. The smallest absolute Gasteiger partial charge is 0.222 e. The predicted molar refractivity (Wildman–Crippen MR) is 57.6 cm³/mol. The Balaban J connectivity index is 1.56. The van der Waals surface area contributed by atoms with Crippen LogP contribution in [0.4, 0.5) is 0 Å². The first kappa shape index (κ1) is 9.51. The van der Waals surface area contributed by atoms with Gasteiger partial charge in [-0.3, -0.25) is 4.90 Å². The van der Waals surface area contributed by atoms with Crippen LogP contribution in [0.15, 0.2) is 12.4 Å². The first-order chi connectivity index (χ1) is 7.26. The number of halogens is 1. The summed E-state index contributed by atoms with van der Waals surface area (Å²) in [5, 5.41) is 3.65. The van der Waals surface area contributed by atoms with Crippen LogP contribution in [0.5, 0.6) is 0 Å². The summed E-state index contributed by atoms with van der Waals surface area (Å²) in [7, 11) is 0. The Bertz CT molecular complexity index is 352. The predicted octanol–water partition coefficient (Wildman–Crippen LogP) is 0.535. The second kappa shape index (κ2) is 3.40. The largest absolute Gasteiger partial charge is 0.315 e. The van der Waals surface area contributed by atoms with Crippen molar-refractivity contribution in [1.29, 1.82) is 0 Å². The van der Waals surface area contributed by atoms with E-state index in [-0.39, 0.29) is 0 Å². The molecule has 0 amide bonds. The molecule has 0 bridgehead atoms. The summed E-state index contributed by atoms with van der Waals surface area (Å²) in [5.74, 6) is 0. The molecular weight excluding hydrogens is 212 g/mol. The number of hydrogen-bond acceptors (Lipinski definition) is 4. The highest BCUT2D eigenvalue weighted by molar-refractivity contribution is 6.28. The lowest BCUT2D eigenvalue weighted by Gasteiger charge is -2.56. The van der Waals surface area contributed by atoms with Gasteiger partial charge in [-0.05, 0) is 11.6 Å². The molecule has 2 saturated heterocycles. The van der Waals surface area contributed by atoms with E-state index in [0.29, 0.717) is 10.7 Å². The highest BCUT2D eigenvalue weighted by Gasteiger charge is 2.47. The fourth-order valence-electron chi connectivity index (χ4n) is 2.40. The van der Waals surface area contributed by atoms with E-state index >= 15 is 0 Å². The molecule has 0 radical (unpaired) electrons. The SMILES string of the molecule is Clc1ncc(CN2CC3(CNC3)C2)cn1. The summed E-state index contributed by atoms with van der Waals surface area (Å²) in [4.78, 5) is 10.4. The number of aromatic nitrogens is 2. The van der Waals surface area contributed by atoms with Gasteiger partial charge in [0.15, 0.2) is 0 Å². The highest BCUT2D eigenvalue weighted by atomic mass is 35.5. The maximum absolute atomic E-state index is 5.63. The molecule has 0 aliphatic carbocycles. The fourth-order valence-corrected chi connectivity index (χ4v) is 2.49. The number of nitrogens with one attached hydrogen (secondary N) is 1. The molecule has 3 rings (SSSR count). The summed E-state index contributed by atoms with van der Waals surface area (Å²) >= 11 is 5.63. The molecule has 2 aliphatic rings. The van der Waals surface area contributed by atoms with Crippen molar-refractivity contribution in [2.75, 3.05) is 26.2 Å². The molecule has 0 atom stereocenters. The van der Waals surface area contributed by atoms with Crippen molar-refractivity contribution in [3.63, 3.8) is 0 Å².